The quantitative estimate of drug-likeness (QED) is 0.583. The summed E-state index contributed by atoms with van der Waals surface area (Å²) < 4.78 is 1.84. The van der Waals surface area contributed by atoms with Crippen molar-refractivity contribution in [2.45, 2.75) is 13.5 Å². The molecule has 0 unspecified atom stereocenters. The summed E-state index contributed by atoms with van der Waals surface area (Å²) in [4.78, 5) is 4.13. The lowest BCUT2D eigenvalue weighted by atomic mass is 10.5. The fourth-order valence-corrected chi connectivity index (χ4v) is 1.06. The van der Waals surface area contributed by atoms with Gasteiger partial charge >= 0.3 is 0 Å². The van der Waals surface area contributed by atoms with Crippen molar-refractivity contribution in [1.29, 1.82) is 0 Å². The first-order valence-corrected chi connectivity index (χ1v) is 4.40. The molecule has 0 saturated carbocycles. The topological polar surface area (TPSA) is 29.9 Å². The van der Waals surface area contributed by atoms with Crippen LogP contribution in [0, 0.1) is 11.8 Å². The molecule has 0 aliphatic carbocycles. The number of imidazole rings is 1. The molecule has 1 N–H and O–H groups in total. The Bertz CT molecular complexity index is 332. The molecule has 0 saturated heterocycles. The van der Waals surface area contributed by atoms with Gasteiger partial charge in [-0.3, -0.25) is 5.32 Å². The van der Waals surface area contributed by atoms with E-state index in [4.69, 9.17) is 11.6 Å². The van der Waals surface area contributed by atoms with Gasteiger partial charge in [-0.15, -0.1) is 5.92 Å². The minimum absolute atomic E-state index is 0.651. The highest BCUT2D eigenvalue weighted by atomic mass is 35.5. The summed E-state index contributed by atoms with van der Waals surface area (Å²) in [6, 6.07) is 0. The van der Waals surface area contributed by atoms with Crippen molar-refractivity contribution in [3.05, 3.63) is 17.2 Å². The largest absolute Gasteiger partial charge is 0.321 e. The van der Waals surface area contributed by atoms with Gasteiger partial charge in [-0.1, -0.05) is 17.5 Å². The highest BCUT2D eigenvalue weighted by Crippen LogP contribution is 2.08. The van der Waals surface area contributed by atoms with E-state index in [2.05, 4.69) is 22.1 Å². The van der Waals surface area contributed by atoms with E-state index in [1.807, 2.05) is 18.5 Å². The van der Waals surface area contributed by atoms with Gasteiger partial charge < -0.3 is 4.57 Å². The molecule has 0 radical (unpaired) electrons. The molecule has 0 amide bonds. The highest BCUT2D eigenvalue weighted by Gasteiger charge is 2.01. The molecule has 1 rings (SSSR count). The maximum absolute atomic E-state index is 5.81. The molecule has 1 aromatic heterocycles. The molecule has 0 bridgehead atoms. The van der Waals surface area contributed by atoms with Crippen LogP contribution in [0.15, 0.2) is 6.20 Å². The Hall–Kier alpha value is -0.980. The maximum Gasteiger partial charge on any atom is 0.128 e. The van der Waals surface area contributed by atoms with E-state index in [0.29, 0.717) is 18.2 Å². The molecule has 0 fully saturated rings. The normalized spacial score (nSPS) is 9.46. The zero-order chi connectivity index (χ0) is 9.68. The maximum atomic E-state index is 5.81. The minimum atomic E-state index is 0.651. The van der Waals surface area contributed by atoms with Gasteiger partial charge in [0.2, 0.25) is 0 Å². The lowest BCUT2D eigenvalue weighted by molar-refractivity contribution is 0.686. The number of hydrogen-bond acceptors (Lipinski definition) is 2. The summed E-state index contributed by atoms with van der Waals surface area (Å²) >= 11 is 5.81. The first-order chi connectivity index (χ1) is 6.25. The van der Waals surface area contributed by atoms with Crippen LogP contribution in [0.1, 0.15) is 12.7 Å². The molecule has 1 heterocycles. The van der Waals surface area contributed by atoms with Crippen LogP contribution in [-0.4, -0.2) is 16.1 Å². The van der Waals surface area contributed by atoms with E-state index in [0.717, 1.165) is 5.82 Å². The van der Waals surface area contributed by atoms with Crippen molar-refractivity contribution in [2.75, 3.05) is 6.54 Å². The van der Waals surface area contributed by atoms with Crippen LogP contribution in [0.4, 0.5) is 0 Å². The van der Waals surface area contributed by atoms with Crippen molar-refractivity contribution < 1.29 is 0 Å². The summed E-state index contributed by atoms with van der Waals surface area (Å²) in [6.07, 6.45) is 1.64. The van der Waals surface area contributed by atoms with Crippen molar-refractivity contribution in [3.63, 3.8) is 0 Å². The van der Waals surface area contributed by atoms with E-state index in [-0.39, 0.29) is 0 Å². The predicted molar refractivity (Wildman–Crippen MR) is 53.4 cm³/mol. The Labute approximate surface area is 83.1 Å². The first-order valence-electron chi connectivity index (χ1n) is 4.02. The smallest absolute Gasteiger partial charge is 0.128 e. The molecular weight excluding hydrogens is 186 g/mol. The Morgan fingerprint density at radius 1 is 1.69 bits per heavy atom. The Kier molecular flexibility index (Phi) is 3.81. The van der Waals surface area contributed by atoms with Crippen LogP contribution in [0.2, 0.25) is 5.15 Å². The molecule has 0 atom stereocenters. The molecule has 0 aliphatic rings. The van der Waals surface area contributed by atoms with Crippen LogP contribution in [0.3, 0.4) is 0 Å². The van der Waals surface area contributed by atoms with E-state index >= 15 is 0 Å². The third kappa shape index (κ3) is 2.76. The average molecular weight is 198 g/mol. The number of nitrogens with one attached hydrogen (secondary N) is 1. The summed E-state index contributed by atoms with van der Waals surface area (Å²) in [7, 11) is 1.89. The summed E-state index contributed by atoms with van der Waals surface area (Å²) in [5.74, 6) is 6.64. The third-order valence-corrected chi connectivity index (χ3v) is 2.05. The molecule has 0 aliphatic heterocycles. The lowest BCUT2D eigenvalue weighted by Crippen LogP contribution is -2.16. The second kappa shape index (κ2) is 4.90. The fraction of sp³-hybridized carbons (Fsp3) is 0.444. The van der Waals surface area contributed by atoms with Crippen LogP contribution in [0.5, 0.6) is 0 Å². The summed E-state index contributed by atoms with van der Waals surface area (Å²) in [6.45, 7) is 3.19. The Balaban J connectivity index is 2.44. The van der Waals surface area contributed by atoms with E-state index < -0.39 is 0 Å². The molecule has 4 heteroatoms. The van der Waals surface area contributed by atoms with Crippen LogP contribution < -0.4 is 5.32 Å². The van der Waals surface area contributed by atoms with Gasteiger partial charge in [0.15, 0.2) is 0 Å². The van der Waals surface area contributed by atoms with Gasteiger partial charge in [-0.05, 0) is 6.92 Å². The molecule has 3 nitrogen and oxygen atoms in total. The Morgan fingerprint density at radius 3 is 3.00 bits per heavy atom. The second-order valence-corrected chi connectivity index (χ2v) is 2.97. The zero-order valence-corrected chi connectivity index (χ0v) is 8.52. The van der Waals surface area contributed by atoms with Crippen molar-refractivity contribution in [2.24, 2.45) is 7.05 Å². The monoisotopic (exact) mass is 197 g/mol. The molecule has 0 spiro atoms. The van der Waals surface area contributed by atoms with Crippen molar-refractivity contribution >= 4 is 11.6 Å². The number of halogens is 1. The average Bonchev–Trinajstić information content (AvgIpc) is 2.43. The lowest BCUT2D eigenvalue weighted by Gasteiger charge is -2.01. The van der Waals surface area contributed by atoms with Gasteiger partial charge in [0.05, 0.1) is 19.3 Å². The van der Waals surface area contributed by atoms with Crippen LogP contribution in [0.25, 0.3) is 0 Å². The number of rotatable bonds is 3. The molecule has 70 valence electrons. The summed E-state index contributed by atoms with van der Waals surface area (Å²) in [5.41, 5.74) is 0. The van der Waals surface area contributed by atoms with E-state index in [1.54, 1.807) is 6.20 Å². The molecule has 1 aromatic rings. The predicted octanol–water partition coefficient (Wildman–Crippen LogP) is 1.19. The number of hydrogen-bond donors (Lipinski definition) is 1. The first kappa shape index (κ1) is 10.1. The third-order valence-electron chi connectivity index (χ3n) is 1.70. The van der Waals surface area contributed by atoms with Crippen molar-refractivity contribution in [1.82, 2.24) is 14.9 Å². The van der Waals surface area contributed by atoms with Gasteiger partial charge in [0.1, 0.15) is 11.0 Å². The molecule has 0 aromatic carbocycles. The van der Waals surface area contributed by atoms with Gasteiger partial charge in [0.25, 0.3) is 0 Å². The van der Waals surface area contributed by atoms with E-state index in [9.17, 15) is 0 Å². The van der Waals surface area contributed by atoms with E-state index in [1.165, 1.54) is 0 Å². The Morgan fingerprint density at radius 2 is 2.46 bits per heavy atom. The van der Waals surface area contributed by atoms with Crippen LogP contribution >= 0.6 is 11.6 Å². The van der Waals surface area contributed by atoms with Crippen molar-refractivity contribution in [3.8, 4) is 11.8 Å². The highest BCUT2D eigenvalue weighted by molar-refractivity contribution is 6.29. The van der Waals surface area contributed by atoms with Crippen LogP contribution in [-0.2, 0) is 13.6 Å². The molecular formula is C9H12ClN3. The SMILES string of the molecule is CC#CCNCc1ncc(Cl)n1C. The second-order valence-electron chi connectivity index (χ2n) is 2.59. The minimum Gasteiger partial charge on any atom is -0.321 e. The number of nitrogens with zero attached hydrogens (tertiary/aromatic N) is 2. The summed E-state index contributed by atoms with van der Waals surface area (Å²) in [5, 5.41) is 3.79. The standard InChI is InChI=1S/C9H12ClN3/c1-3-4-5-11-7-9-12-6-8(10)13(9)2/h6,11H,5,7H2,1-2H3. The zero-order valence-electron chi connectivity index (χ0n) is 7.76. The van der Waals surface area contributed by atoms with Gasteiger partial charge in [-0.25, -0.2) is 4.98 Å². The van der Waals surface area contributed by atoms with Gasteiger partial charge in [-0.2, -0.15) is 0 Å². The fourth-order valence-electron chi connectivity index (χ4n) is 0.914. The molecule has 13 heavy (non-hydrogen) atoms. The van der Waals surface area contributed by atoms with Gasteiger partial charge in [0, 0.05) is 7.05 Å². The number of aromatic nitrogens is 2.